The van der Waals surface area contributed by atoms with Gasteiger partial charge in [0.2, 0.25) is 5.91 Å². The molecule has 0 unspecified atom stereocenters. The molecule has 2 amide bonds. The minimum absolute atomic E-state index is 0.0491. The predicted octanol–water partition coefficient (Wildman–Crippen LogP) is 0.570. The highest BCUT2D eigenvalue weighted by atomic mass is 16.5. The van der Waals surface area contributed by atoms with E-state index in [0.717, 1.165) is 16.9 Å². The minimum Gasteiger partial charge on any atom is -0.383 e. The lowest BCUT2D eigenvalue weighted by molar-refractivity contribution is -0.153. The molecule has 3 heterocycles. The maximum atomic E-state index is 13.0. The van der Waals surface area contributed by atoms with E-state index in [9.17, 15) is 9.59 Å². The van der Waals surface area contributed by atoms with Crippen LogP contribution in [-0.2, 0) is 14.3 Å². The van der Waals surface area contributed by atoms with Crippen LogP contribution in [0.5, 0.6) is 0 Å². The van der Waals surface area contributed by atoms with Crippen molar-refractivity contribution in [2.24, 2.45) is 0 Å². The van der Waals surface area contributed by atoms with Gasteiger partial charge in [-0.2, -0.15) is 0 Å². The molecule has 2 aliphatic rings. The van der Waals surface area contributed by atoms with Crippen molar-refractivity contribution in [2.75, 3.05) is 40.0 Å². The Labute approximate surface area is 151 Å². The molecule has 2 aromatic rings. The molecule has 2 aliphatic heterocycles. The van der Waals surface area contributed by atoms with Gasteiger partial charge in [-0.15, -0.1) is 0 Å². The van der Waals surface area contributed by atoms with E-state index >= 15 is 0 Å². The largest absolute Gasteiger partial charge is 0.383 e. The number of hydrogen-bond donors (Lipinski definition) is 1. The van der Waals surface area contributed by atoms with Gasteiger partial charge < -0.3 is 24.3 Å². The second-order valence-corrected chi connectivity index (χ2v) is 6.76. The Morgan fingerprint density at radius 1 is 1.42 bits per heavy atom. The van der Waals surface area contributed by atoms with Gasteiger partial charge in [-0.05, 0) is 25.1 Å². The van der Waals surface area contributed by atoms with Gasteiger partial charge in [0.1, 0.15) is 12.4 Å². The van der Waals surface area contributed by atoms with Gasteiger partial charge in [0, 0.05) is 32.3 Å². The molecule has 26 heavy (non-hydrogen) atoms. The molecule has 4 rings (SSSR count). The second kappa shape index (κ2) is 6.69. The number of likely N-dealkylation sites (tertiary alicyclic amines) is 1. The van der Waals surface area contributed by atoms with Crippen molar-refractivity contribution in [3.8, 4) is 0 Å². The zero-order valence-corrected chi connectivity index (χ0v) is 14.9. The first-order valence-electron chi connectivity index (χ1n) is 8.72. The fourth-order valence-electron chi connectivity index (χ4n) is 3.76. The first-order valence-corrected chi connectivity index (χ1v) is 8.72. The third-order valence-corrected chi connectivity index (χ3v) is 5.05. The monoisotopic (exact) mass is 358 g/mol. The lowest BCUT2D eigenvalue weighted by atomic mass is 10.1. The van der Waals surface area contributed by atoms with Gasteiger partial charge in [-0.1, -0.05) is 0 Å². The number of aromatic nitrogens is 2. The molecule has 138 valence electrons. The Hall–Kier alpha value is -2.45. The van der Waals surface area contributed by atoms with Crippen LogP contribution in [0.4, 0.5) is 0 Å². The van der Waals surface area contributed by atoms with E-state index in [4.69, 9.17) is 9.47 Å². The number of fused-ring (bicyclic) bond motifs is 2. The second-order valence-electron chi connectivity index (χ2n) is 6.76. The number of aromatic amines is 1. The van der Waals surface area contributed by atoms with E-state index < -0.39 is 0 Å². The van der Waals surface area contributed by atoms with E-state index in [2.05, 4.69) is 9.97 Å². The van der Waals surface area contributed by atoms with Gasteiger partial charge >= 0.3 is 0 Å². The summed E-state index contributed by atoms with van der Waals surface area (Å²) in [6.45, 7) is 3.89. The summed E-state index contributed by atoms with van der Waals surface area (Å²) in [4.78, 5) is 36.2. The summed E-state index contributed by atoms with van der Waals surface area (Å²) in [5, 5.41) is 0. The van der Waals surface area contributed by atoms with Crippen molar-refractivity contribution in [2.45, 2.75) is 19.1 Å². The molecule has 1 aromatic carbocycles. The summed E-state index contributed by atoms with van der Waals surface area (Å²) in [5.41, 5.74) is 2.29. The number of nitrogens with one attached hydrogen (secondary N) is 1. The summed E-state index contributed by atoms with van der Waals surface area (Å²) in [7, 11) is 1.61. The average Bonchev–Trinajstić information content (AvgIpc) is 3.22. The number of hydrogen-bond acceptors (Lipinski definition) is 5. The van der Waals surface area contributed by atoms with Crippen LogP contribution < -0.4 is 0 Å². The molecule has 2 atom stereocenters. The van der Waals surface area contributed by atoms with Crippen molar-refractivity contribution in [3.05, 3.63) is 29.6 Å². The van der Waals surface area contributed by atoms with Crippen molar-refractivity contribution in [1.29, 1.82) is 0 Å². The van der Waals surface area contributed by atoms with Crippen LogP contribution in [0, 0.1) is 6.92 Å². The van der Waals surface area contributed by atoms with Crippen molar-refractivity contribution in [3.63, 3.8) is 0 Å². The number of morpholine rings is 1. The fourth-order valence-corrected chi connectivity index (χ4v) is 3.76. The normalized spacial score (nSPS) is 22.9. The highest BCUT2D eigenvalue weighted by Gasteiger charge is 2.44. The highest BCUT2D eigenvalue weighted by molar-refractivity contribution is 5.97. The Morgan fingerprint density at radius 3 is 3.08 bits per heavy atom. The molecule has 0 aliphatic carbocycles. The quantitative estimate of drug-likeness (QED) is 0.863. The highest BCUT2D eigenvalue weighted by Crippen LogP contribution is 2.25. The molecule has 0 spiro atoms. The number of H-pyrrole nitrogens is 1. The Morgan fingerprint density at radius 2 is 2.27 bits per heavy atom. The zero-order chi connectivity index (χ0) is 18.3. The molecular formula is C18H22N4O4. The third-order valence-electron chi connectivity index (χ3n) is 5.05. The lowest BCUT2D eigenvalue weighted by Crippen LogP contribution is -2.54. The molecule has 2 saturated heterocycles. The topological polar surface area (TPSA) is 87.8 Å². The van der Waals surface area contributed by atoms with Gasteiger partial charge in [-0.25, -0.2) is 4.98 Å². The Balaban J connectivity index is 1.52. The van der Waals surface area contributed by atoms with E-state index in [-0.39, 0.29) is 30.6 Å². The summed E-state index contributed by atoms with van der Waals surface area (Å²) < 4.78 is 10.8. The summed E-state index contributed by atoms with van der Waals surface area (Å²) >= 11 is 0. The van der Waals surface area contributed by atoms with Crippen molar-refractivity contribution >= 4 is 22.8 Å². The summed E-state index contributed by atoms with van der Waals surface area (Å²) in [5.74, 6) is 0.709. The number of amides is 2. The van der Waals surface area contributed by atoms with Crippen LogP contribution in [0.1, 0.15) is 16.2 Å². The first-order chi connectivity index (χ1) is 12.6. The molecule has 1 N–H and O–H groups in total. The molecule has 8 heteroatoms. The van der Waals surface area contributed by atoms with Gasteiger partial charge in [0.25, 0.3) is 5.91 Å². The minimum atomic E-state index is -0.147. The number of carbonyl (C=O) groups is 2. The number of aryl methyl sites for hydroxylation is 1. The molecule has 0 saturated carbocycles. The number of methoxy groups -OCH3 is 1. The van der Waals surface area contributed by atoms with Gasteiger partial charge in [0.15, 0.2) is 0 Å². The van der Waals surface area contributed by atoms with E-state index in [0.29, 0.717) is 31.8 Å². The maximum Gasteiger partial charge on any atom is 0.254 e. The van der Waals surface area contributed by atoms with Crippen LogP contribution in [0.2, 0.25) is 0 Å². The number of carbonyl (C=O) groups excluding carboxylic acids is 2. The van der Waals surface area contributed by atoms with Gasteiger partial charge in [-0.3, -0.25) is 9.59 Å². The smallest absolute Gasteiger partial charge is 0.254 e. The van der Waals surface area contributed by atoms with Crippen LogP contribution in [0.25, 0.3) is 11.0 Å². The van der Waals surface area contributed by atoms with Crippen LogP contribution in [0.3, 0.4) is 0 Å². The van der Waals surface area contributed by atoms with Crippen LogP contribution >= 0.6 is 0 Å². The molecule has 8 nitrogen and oxygen atoms in total. The maximum absolute atomic E-state index is 13.0. The zero-order valence-electron chi connectivity index (χ0n) is 14.9. The van der Waals surface area contributed by atoms with Crippen molar-refractivity contribution < 1.29 is 19.1 Å². The number of benzene rings is 1. The standard InChI is InChI=1S/C18H22N4O4/c1-11-19-13-4-3-12(7-14(13)20-11)18(24)21-8-15-16(9-21)26-10-17(23)22(15)5-6-25-2/h3-4,7,15-16H,5-6,8-10H2,1-2H3,(H,19,20)/t15-,16-/m0/s1. The van der Waals surface area contributed by atoms with Crippen molar-refractivity contribution in [1.82, 2.24) is 19.8 Å². The SMILES string of the molecule is COCCN1C(=O)CO[C@H]2CN(C(=O)c3ccc4nc(C)[nH]c4c3)C[C@@H]21. The Bertz CT molecular complexity index is 849. The molecular weight excluding hydrogens is 336 g/mol. The number of rotatable bonds is 4. The molecule has 2 fully saturated rings. The van der Waals surface area contributed by atoms with E-state index in [1.807, 2.05) is 19.1 Å². The number of ether oxygens (including phenoxy) is 2. The number of imidazole rings is 1. The van der Waals surface area contributed by atoms with E-state index in [1.54, 1.807) is 23.0 Å². The van der Waals surface area contributed by atoms with Gasteiger partial charge in [0.05, 0.1) is 29.8 Å². The predicted molar refractivity (Wildman–Crippen MR) is 93.9 cm³/mol. The van der Waals surface area contributed by atoms with Crippen LogP contribution in [-0.4, -0.2) is 83.7 Å². The number of nitrogens with zero attached hydrogens (tertiary/aromatic N) is 3. The lowest BCUT2D eigenvalue weighted by Gasteiger charge is -2.36. The summed E-state index contributed by atoms with van der Waals surface area (Å²) in [6, 6.07) is 5.35. The molecule has 0 radical (unpaired) electrons. The fraction of sp³-hybridized carbons (Fsp3) is 0.500. The van der Waals surface area contributed by atoms with E-state index in [1.165, 1.54) is 0 Å². The molecule has 1 aromatic heterocycles. The Kier molecular flexibility index (Phi) is 4.37. The van der Waals surface area contributed by atoms with Crippen LogP contribution in [0.15, 0.2) is 18.2 Å². The third kappa shape index (κ3) is 2.95. The average molecular weight is 358 g/mol. The molecule has 0 bridgehead atoms. The summed E-state index contributed by atoms with van der Waals surface area (Å²) in [6.07, 6.45) is -0.147. The first kappa shape index (κ1) is 17.0.